The third kappa shape index (κ3) is 6.97. The minimum atomic E-state index is -0.299. The van der Waals surface area contributed by atoms with Crippen molar-refractivity contribution < 1.29 is 10.0 Å². The van der Waals surface area contributed by atoms with E-state index >= 15 is 0 Å². The molecule has 158 valence electrons. The van der Waals surface area contributed by atoms with Crippen LogP contribution in [0.2, 0.25) is 0 Å². The van der Waals surface area contributed by atoms with Gasteiger partial charge >= 0.3 is 0 Å². The standard InChI is InChI=1S/C26H32N2O2/c29-26(27-30)16-5-2-8-19-28(20-17-22-10-3-1-4-11-22)21-18-24-14-9-13-23-12-6-7-15-25(23)24/h1,3-4,6-7,9-15,30H,2,5,8,16-21H2,(H,27,29). The highest BCUT2D eigenvalue weighted by Gasteiger charge is 2.08. The number of amides is 1. The summed E-state index contributed by atoms with van der Waals surface area (Å²) in [6.07, 6.45) is 5.32. The molecule has 3 aromatic carbocycles. The second-order valence-electron chi connectivity index (χ2n) is 7.81. The molecular weight excluding hydrogens is 372 g/mol. The number of benzene rings is 3. The first-order valence-corrected chi connectivity index (χ1v) is 10.9. The number of nitrogens with one attached hydrogen (secondary N) is 1. The van der Waals surface area contributed by atoms with Crippen molar-refractivity contribution in [2.75, 3.05) is 19.6 Å². The van der Waals surface area contributed by atoms with E-state index in [9.17, 15) is 4.79 Å². The number of fused-ring (bicyclic) bond motifs is 1. The van der Waals surface area contributed by atoms with Gasteiger partial charge in [-0.2, -0.15) is 0 Å². The molecule has 0 heterocycles. The number of rotatable bonds is 12. The van der Waals surface area contributed by atoms with Gasteiger partial charge in [-0.3, -0.25) is 10.0 Å². The summed E-state index contributed by atoms with van der Waals surface area (Å²) in [5.74, 6) is -0.299. The smallest absolute Gasteiger partial charge is 0.243 e. The fraction of sp³-hybridized carbons (Fsp3) is 0.346. The molecule has 0 saturated carbocycles. The second kappa shape index (κ2) is 12.1. The van der Waals surface area contributed by atoms with Crippen LogP contribution in [0.5, 0.6) is 0 Å². The summed E-state index contributed by atoms with van der Waals surface area (Å²) in [6, 6.07) is 25.8. The molecule has 0 fully saturated rings. The predicted molar refractivity (Wildman–Crippen MR) is 123 cm³/mol. The van der Waals surface area contributed by atoms with Crippen LogP contribution in [-0.2, 0) is 17.6 Å². The maximum Gasteiger partial charge on any atom is 0.243 e. The maximum atomic E-state index is 11.2. The molecule has 2 N–H and O–H groups in total. The third-order valence-electron chi connectivity index (χ3n) is 5.64. The molecule has 0 atom stereocenters. The van der Waals surface area contributed by atoms with Crippen LogP contribution in [0, 0.1) is 0 Å². The maximum absolute atomic E-state index is 11.2. The van der Waals surface area contributed by atoms with Crippen LogP contribution in [-0.4, -0.2) is 35.6 Å². The van der Waals surface area contributed by atoms with Gasteiger partial charge in [0.25, 0.3) is 0 Å². The molecule has 0 bridgehead atoms. The van der Waals surface area contributed by atoms with E-state index in [0.29, 0.717) is 6.42 Å². The Morgan fingerprint density at radius 3 is 2.33 bits per heavy atom. The van der Waals surface area contributed by atoms with Crippen LogP contribution < -0.4 is 5.48 Å². The first-order valence-electron chi connectivity index (χ1n) is 10.9. The van der Waals surface area contributed by atoms with Gasteiger partial charge < -0.3 is 4.90 Å². The summed E-state index contributed by atoms with van der Waals surface area (Å²) < 4.78 is 0. The van der Waals surface area contributed by atoms with E-state index in [1.807, 2.05) is 0 Å². The quantitative estimate of drug-likeness (QED) is 0.254. The van der Waals surface area contributed by atoms with E-state index in [4.69, 9.17) is 5.21 Å². The van der Waals surface area contributed by atoms with Crippen molar-refractivity contribution in [3.8, 4) is 0 Å². The van der Waals surface area contributed by atoms with Gasteiger partial charge in [0.2, 0.25) is 5.91 Å². The Labute approximate surface area is 179 Å². The fourth-order valence-electron chi connectivity index (χ4n) is 3.91. The van der Waals surface area contributed by atoms with Crippen molar-refractivity contribution in [3.63, 3.8) is 0 Å². The molecule has 0 aromatic heterocycles. The van der Waals surface area contributed by atoms with Gasteiger partial charge in [0.1, 0.15) is 0 Å². The van der Waals surface area contributed by atoms with Crippen molar-refractivity contribution in [1.29, 1.82) is 0 Å². The Hall–Kier alpha value is -2.69. The van der Waals surface area contributed by atoms with Gasteiger partial charge in [-0.1, -0.05) is 79.2 Å². The van der Waals surface area contributed by atoms with E-state index in [2.05, 4.69) is 77.7 Å². The molecule has 0 aliphatic carbocycles. The first kappa shape index (κ1) is 22.0. The van der Waals surface area contributed by atoms with Crippen LogP contribution in [0.4, 0.5) is 0 Å². The lowest BCUT2D eigenvalue weighted by molar-refractivity contribution is -0.129. The second-order valence-corrected chi connectivity index (χ2v) is 7.81. The largest absolute Gasteiger partial charge is 0.303 e. The average Bonchev–Trinajstić information content (AvgIpc) is 2.80. The highest BCUT2D eigenvalue weighted by Crippen LogP contribution is 2.19. The number of carbonyl (C=O) groups excluding carboxylic acids is 1. The molecule has 30 heavy (non-hydrogen) atoms. The summed E-state index contributed by atoms with van der Waals surface area (Å²) in [5.41, 5.74) is 4.48. The highest BCUT2D eigenvalue weighted by atomic mass is 16.5. The van der Waals surface area contributed by atoms with Crippen LogP contribution in [0.25, 0.3) is 10.8 Å². The Morgan fingerprint density at radius 2 is 1.50 bits per heavy atom. The Morgan fingerprint density at radius 1 is 0.767 bits per heavy atom. The zero-order valence-corrected chi connectivity index (χ0v) is 17.6. The summed E-state index contributed by atoms with van der Waals surface area (Å²) in [5, 5.41) is 11.2. The highest BCUT2D eigenvalue weighted by molar-refractivity contribution is 5.85. The molecule has 3 aromatic rings. The molecule has 1 amide bonds. The minimum absolute atomic E-state index is 0.299. The SMILES string of the molecule is O=C(CCCCCN(CCc1ccccc1)CCc1cccc2ccccc12)NO. The van der Waals surface area contributed by atoms with E-state index in [1.165, 1.54) is 21.9 Å². The molecule has 0 unspecified atom stereocenters. The van der Waals surface area contributed by atoms with Crippen molar-refractivity contribution in [2.24, 2.45) is 0 Å². The van der Waals surface area contributed by atoms with Crippen molar-refractivity contribution >= 4 is 16.7 Å². The Bertz CT molecular complexity index is 906. The van der Waals surface area contributed by atoms with Crippen molar-refractivity contribution in [3.05, 3.63) is 83.9 Å². The molecule has 0 saturated heterocycles. The van der Waals surface area contributed by atoms with Crippen molar-refractivity contribution in [2.45, 2.75) is 38.5 Å². The average molecular weight is 405 g/mol. The van der Waals surface area contributed by atoms with Crippen molar-refractivity contribution in [1.82, 2.24) is 10.4 Å². The van der Waals surface area contributed by atoms with Gasteiger partial charge in [-0.25, -0.2) is 5.48 Å². The van der Waals surface area contributed by atoms with Gasteiger partial charge in [-0.15, -0.1) is 0 Å². The number of unbranched alkanes of at least 4 members (excludes halogenated alkanes) is 2. The van der Waals surface area contributed by atoms with Crippen LogP contribution in [0.15, 0.2) is 72.8 Å². The van der Waals surface area contributed by atoms with Crippen LogP contribution in [0.1, 0.15) is 36.8 Å². The topological polar surface area (TPSA) is 52.6 Å². The molecule has 0 radical (unpaired) electrons. The number of hydrogen-bond acceptors (Lipinski definition) is 3. The fourth-order valence-corrected chi connectivity index (χ4v) is 3.91. The van der Waals surface area contributed by atoms with E-state index in [-0.39, 0.29) is 5.91 Å². The lowest BCUT2D eigenvalue weighted by Gasteiger charge is -2.23. The third-order valence-corrected chi connectivity index (χ3v) is 5.64. The molecule has 0 aliphatic heterocycles. The molecule has 0 spiro atoms. The summed E-state index contributed by atoms with van der Waals surface area (Å²) in [7, 11) is 0. The minimum Gasteiger partial charge on any atom is -0.303 e. The lowest BCUT2D eigenvalue weighted by atomic mass is 10.0. The van der Waals surface area contributed by atoms with Gasteiger partial charge in [0, 0.05) is 19.5 Å². The zero-order chi connectivity index (χ0) is 21.0. The van der Waals surface area contributed by atoms with Gasteiger partial charge in [-0.05, 0) is 54.1 Å². The van der Waals surface area contributed by atoms with Crippen LogP contribution in [0.3, 0.4) is 0 Å². The van der Waals surface area contributed by atoms with Crippen LogP contribution >= 0.6 is 0 Å². The van der Waals surface area contributed by atoms with Gasteiger partial charge in [0.05, 0.1) is 0 Å². The number of hydroxylamine groups is 1. The monoisotopic (exact) mass is 404 g/mol. The van der Waals surface area contributed by atoms with E-state index in [0.717, 1.165) is 51.7 Å². The summed E-state index contributed by atoms with van der Waals surface area (Å²) in [6.45, 7) is 3.09. The summed E-state index contributed by atoms with van der Waals surface area (Å²) >= 11 is 0. The Balaban J connectivity index is 1.56. The zero-order valence-electron chi connectivity index (χ0n) is 17.6. The number of carbonyl (C=O) groups is 1. The predicted octanol–water partition coefficient (Wildman–Crippen LogP) is 4.99. The normalized spacial score (nSPS) is 11.1. The number of hydrogen-bond donors (Lipinski definition) is 2. The Kier molecular flexibility index (Phi) is 8.88. The van der Waals surface area contributed by atoms with Gasteiger partial charge in [0.15, 0.2) is 0 Å². The van der Waals surface area contributed by atoms with E-state index < -0.39 is 0 Å². The number of nitrogens with zero attached hydrogens (tertiary/aromatic N) is 1. The molecule has 0 aliphatic rings. The molecule has 4 nitrogen and oxygen atoms in total. The van der Waals surface area contributed by atoms with E-state index in [1.54, 1.807) is 5.48 Å². The molecule has 4 heteroatoms. The summed E-state index contributed by atoms with van der Waals surface area (Å²) in [4.78, 5) is 13.7. The first-order chi connectivity index (χ1) is 14.8. The molecule has 3 rings (SSSR count). The molecular formula is C26H32N2O2. The lowest BCUT2D eigenvalue weighted by Crippen LogP contribution is -2.29.